The van der Waals surface area contributed by atoms with Crippen LogP contribution in [0.4, 0.5) is 0 Å². The quantitative estimate of drug-likeness (QED) is 0.913. The van der Waals surface area contributed by atoms with Crippen molar-refractivity contribution in [3.05, 3.63) is 34.3 Å². The van der Waals surface area contributed by atoms with Crippen molar-refractivity contribution in [3.8, 4) is 0 Å². The predicted molar refractivity (Wildman–Crippen MR) is 78.5 cm³/mol. The average Bonchev–Trinajstić information content (AvgIpc) is 3.12. The van der Waals surface area contributed by atoms with E-state index >= 15 is 0 Å². The summed E-state index contributed by atoms with van der Waals surface area (Å²) in [6.07, 6.45) is 6.59. The fourth-order valence-electron chi connectivity index (χ4n) is 2.89. The number of piperidine rings is 1. The number of benzene rings is 1. The summed E-state index contributed by atoms with van der Waals surface area (Å²) in [5.74, 6) is 0. The molecular formula is C16H22ClNO. The molecule has 0 atom stereocenters. The van der Waals surface area contributed by atoms with Crippen LogP contribution in [0.2, 0.25) is 5.02 Å². The molecule has 1 aromatic carbocycles. The number of hydrogen-bond acceptors (Lipinski definition) is 2. The SMILES string of the molecule is OC1(Cc2ccc(CN3CCCCC3)c(Cl)c2)CC1. The molecule has 1 aromatic rings. The molecule has 2 nitrogen and oxygen atoms in total. The molecule has 3 rings (SSSR count). The molecule has 1 aliphatic heterocycles. The van der Waals surface area contributed by atoms with Crippen molar-refractivity contribution in [2.45, 2.75) is 50.7 Å². The van der Waals surface area contributed by atoms with Gasteiger partial charge in [-0.25, -0.2) is 0 Å². The first-order valence-corrected chi connectivity index (χ1v) is 7.75. The molecule has 0 radical (unpaired) electrons. The van der Waals surface area contributed by atoms with E-state index in [0.29, 0.717) is 0 Å². The van der Waals surface area contributed by atoms with Gasteiger partial charge in [0.15, 0.2) is 0 Å². The van der Waals surface area contributed by atoms with Gasteiger partial charge in [-0.2, -0.15) is 0 Å². The van der Waals surface area contributed by atoms with Gasteiger partial charge in [-0.05, 0) is 56.0 Å². The third-order valence-electron chi connectivity index (χ3n) is 4.32. The van der Waals surface area contributed by atoms with Crippen LogP contribution in [-0.2, 0) is 13.0 Å². The van der Waals surface area contributed by atoms with E-state index in [2.05, 4.69) is 17.0 Å². The van der Waals surface area contributed by atoms with Crippen LogP contribution in [0.15, 0.2) is 18.2 Å². The normalized spacial score (nSPS) is 22.4. The molecule has 1 heterocycles. The molecule has 2 aliphatic rings. The van der Waals surface area contributed by atoms with Gasteiger partial charge < -0.3 is 5.11 Å². The second-order valence-electron chi connectivity index (χ2n) is 6.16. The van der Waals surface area contributed by atoms with Gasteiger partial charge in [0.25, 0.3) is 0 Å². The van der Waals surface area contributed by atoms with E-state index in [-0.39, 0.29) is 0 Å². The molecule has 1 saturated carbocycles. The highest BCUT2D eigenvalue weighted by Crippen LogP contribution is 2.38. The van der Waals surface area contributed by atoms with Crippen molar-refractivity contribution < 1.29 is 5.11 Å². The van der Waals surface area contributed by atoms with Crippen LogP contribution in [0.3, 0.4) is 0 Å². The maximum absolute atomic E-state index is 9.95. The summed E-state index contributed by atoms with van der Waals surface area (Å²) >= 11 is 6.39. The Bertz CT molecular complexity index is 450. The topological polar surface area (TPSA) is 23.5 Å². The van der Waals surface area contributed by atoms with Crippen LogP contribution >= 0.6 is 11.6 Å². The van der Waals surface area contributed by atoms with Crippen molar-refractivity contribution in [2.24, 2.45) is 0 Å². The monoisotopic (exact) mass is 279 g/mol. The van der Waals surface area contributed by atoms with Crippen molar-refractivity contribution in [1.29, 1.82) is 0 Å². The molecule has 0 amide bonds. The molecule has 0 unspecified atom stereocenters. The molecule has 1 N–H and O–H groups in total. The second kappa shape index (κ2) is 5.43. The van der Waals surface area contributed by atoms with Gasteiger partial charge in [0.1, 0.15) is 0 Å². The lowest BCUT2D eigenvalue weighted by molar-refractivity contribution is 0.151. The minimum absolute atomic E-state index is 0.433. The van der Waals surface area contributed by atoms with E-state index in [1.807, 2.05) is 6.07 Å². The Kier molecular flexibility index (Phi) is 3.84. The largest absolute Gasteiger partial charge is 0.390 e. The molecule has 0 aromatic heterocycles. The molecule has 1 aliphatic carbocycles. The minimum atomic E-state index is -0.433. The highest BCUT2D eigenvalue weighted by Gasteiger charge is 2.40. The smallest absolute Gasteiger partial charge is 0.0690 e. The molecule has 1 saturated heterocycles. The number of likely N-dealkylation sites (tertiary alicyclic amines) is 1. The van der Waals surface area contributed by atoms with Crippen LogP contribution in [0.25, 0.3) is 0 Å². The Labute approximate surface area is 120 Å². The van der Waals surface area contributed by atoms with Crippen molar-refractivity contribution >= 4 is 11.6 Å². The molecule has 3 heteroatoms. The highest BCUT2D eigenvalue weighted by molar-refractivity contribution is 6.31. The number of nitrogens with zero attached hydrogens (tertiary/aromatic N) is 1. The van der Waals surface area contributed by atoms with Crippen LogP contribution in [0.5, 0.6) is 0 Å². The first kappa shape index (κ1) is 13.4. The Morgan fingerprint density at radius 2 is 1.89 bits per heavy atom. The third kappa shape index (κ3) is 3.50. The van der Waals surface area contributed by atoms with Crippen LogP contribution in [0, 0.1) is 0 Å². The molecule has 0 bridgehead atoms. The number of aliphatic hydroxyl groups is 1. The van der Waals surface area contributed by atoms with E-state index in [1.165, 1.54) is 37.9 Å². The minimum Gasteiger partial charge on any atom is -0.390 e. The molecule has 19 heavy (non-hydrogen) atoms. The summed E-state index contributed by atoms with van der Waals surface area (Å²) in [7, 11) is 0. The predicted octanol–water partition coefficient (Wildman–Crippen LogP) is 3.39. The van der Waals surface area contributed by atoms with E-state index in [4.69, 9.17) is 11.6 Å². The number of hydrogen-bond donors (Lipinski definition) is 1. The maximum Gasteiger partial charge on any atom is 0.0690 e. The lowest BCUT2D eigenvalue weighted by Crippen LogP contribution is -2.29. The summed E-state index contributed by atoms with van der Waals surface area (Å²) in [6, 6.07) is 6.30. The summed E-state index contributed by atoms with van der Waals surface area (Å²) in [4.78, 5) is 2.48. The first-order chi connectivity index (χ1) is 9.15. The summed E-state index contributed by atoms with van der Waals surface area (Å²) in [6.45, 7) is 3.35. The second-order valence-corrected chi connectivity index (χ2v) is 6.57. The fraction of sp³-hybridized carbons (Fsp3) is 0.625. The van der Waals surface area contributed by atoms with Gasteiger partial charge >= 0.3 is 0 Å². The molecule has 104 valence electrons. The van der Waals surface area contributed by atoms with Gasteiger partial charge in [-0.1, -0.05) is 30.2 Å². The van der Waals surface area contributed by atoms with E-state index < -0.39 is 5.60 Å². The van der Waals surface area contributed by atoms with Crippen molar-refractivity contribution in [2.75, 3.05) is 13.1 Å². The number of halogens is 1. The lowest BCUT2D eigenvalue weighted by atomic mass is 10.0. The molecular weight excluding hydrogens is 258 g/mol. The summed E-state index contributed by atoms with van der Waals surface area (Å²) < 4.78 is 0. The average molecular weight is 280 g/mol. The Morgan fingerprint density at radius 3 is 2.53 bits per heavy atom. The molecule has 0 spiro atoms. The first-order valence-electron chi connectivity index (χ1n) is 7.37. The lowest BCUT2D eigenvalue weighted by Gasteiger charge is -2.26. The van der Waals surface area contributed by atoms with Crippen LogP contribution < -0.4 is 0 Å². The highest BCUT2D eigenvalue weighted by atomic mass is 35.5. The fourth-order valence-corrected chi connectivity index (χ4v) is 3.15. The third-order valence-corrected chi connectivity index (χ3v) is 4.67. The van der Waals surface area contributed by atoms with Gasteiger partial charge in [0.2, 0.25) is 0 Å². The van der Waals surface area contributed by atoms with E-state index in [9.17, 15) is 5.11 Å². The van der Waals surface area contributed by atoms with Crippen molar-refractivity contribution in [1.82, 2.24) is 4.90 Å². The van der Waals surface area contributed by atoms with Crippen LogP contribution in [-0.4, -0.2) is 28.7 Å². The van der Waals surface area contributed by atoms with E-state index in [1.54, 1.807) is 0 Å². The van der Waals surface area contributed by atoms with E-state index in [0.717, 1.165) is 36.4 Å². The summed E-state index contributed by atoms with van der Waals surface area (Å²) in [5.41, 5.74) is 1.94. The zero-order chi connectivity index (χ0) is 13.3. The van der Waals surface area contributed by atoms with Crippen molar-refractivity contribution in [3.63, 3.8) is 0 Å². The zero-order valence-electron chi connectivity index (χ0n) is 11.4. The van der Waals surface area contributed by atoms with Gasteiger partial charge in [-0.15, -0.1) is 0 Å². The number of rotatable bonds is 4. The maximum atomic E-state index is 9.95. The zero-order valence-corrected chi connectivity index (χ0v) is 12.1. The van der Waals surface area contributed by atoms with Gasteiger partial charge in [0, 0.05) is 18.0 Å². The summed E-state index contributed by atoms with van der Waals surface area (Å²) in [5, 5.41) is 10.8. The molecule has 2 fully saturated rings. The Hall–Kier alpha value is -0.570. The van der Waals surface area contributed by atoms with Gasteiger partial charge in [0.05, 0.1) is 5.60 Å². The van der Waals surface area contributed by atoms with Gasteiger partial charge in [-0.3, -0.25) is 4.90 Å². The Morgan fingerprint density at radius 1 is 1.16 bits per heavy atom. The standard InChI is InChI=1S/C16H22ClNO/c17-15-10-13(11-16(19)6-7-16)4-5-14(15)12-18-8-2-1-3-9-18/h4-5,10,19H,1-3,6-9,11-12H2. The van der Waals surface area contributed by atoms with Crippen LogP contribution in [0.1, 0.15) is 43.2 Å². The Balaban J connectivity index is 1.65.